The summed E-state index contributed by atoms with van der Waals surface area (Å²) in [7, 11) is -1.35. The van der Waals surface area contributed by atoms with Gasteiger partial charge in [-0.25, -0.2) is 0 Å². The minimum absolute atomic E-state index is 0.623. The lowest BCUT2D eigenvalue weighted by molar-refractivity contribution is 0.425. The monoisotopic (exact) mass is 290 g/mol. The molecule has 1 rings (SSSR count). The lowest BCUT2D eigenvalue weighted by Gasteiger charge is -2.12. The van der Waals surface area contributed by atoms with E-state index in [1.165, 1.54) is 62.5 Å². The van der Waals surface area contributed by atoms with Gasteiger partial charge in [0.1, 0.15) is 0 Å². The van der Waals surface area contributed by atoms with Crippen LogP contribution in [-0.4, -0.2) is 17.2 Å². The van der Waals surface area contributed by atoms with Crippen LogP contribution < -0.4 is 5.46 Å². The van der Waals surface area contributed by atoms with E-state index in [-0.39, 0.29) is 0 Å². The molecule has 0 amide bonds. The van der Waals surface area contributed by atoms with Crippen molar-refractivity contribution in [2.75, 3.05) is 0 Å². The Kier molecular flexibility index (Phi) is 9.44. The largest absolute Gasteiger partial charge is 0.488 e. The van der Waals surface area contributed by atoms with Gasteiger partial charge < -0.3 is 10.0 Å². The SMILES string of the molecule is CCCCCCc1ccc(B(O)O)cc1CCCCCC. The van der Waals surface area contributed by atoms with Crippen LogP contribution >= 0.6 is 0 Å². The molecule has 0 unspecified atom stereocenters. The molecule has 0 aliphatic heterocycles. The van der Waals surface area contributed by atoms with Gasteiger partial charge in [-0.3, -0.25) is 0 Å². The minimum Gasteiger partial charge on any atom is -0.423 e. The third-order valence-electron chi connectivity index (χ3n) is 4.13. The second-order valence-electron chi connectivity index (χ2n) is 6.02. The lowest BCUT2D eigenvalue weighted by atomic mass is 9.78. The molecule has 1 aromatic rings. The summed E-state index contributed by atoms with van der Waals surface area (Å²) in [5, 5.41) is 18.7. The summed E-state index contributed by atoms with van der Waals surface area (Å²) in [4.78, 5) is 0. The molecule has 2 nitrogen and oxygen atoms in total. The van der Waals surface area contributed by atoms with E-state index in [4.69, 9.17) is 0 Å². The van der Waals surface area contributed by atoms with Gasteiger partial charge in [0.05, 0.1) is 0 Å². The van der Waals surface area contributed by atoms with Crippen molar-refractivity contribution in [3.05, 3.63) is 29.3 Å². The molecule has 0 atom stereocenters. The van der Waals surface area contributed by atoms with E-state index in [1.54, 1.807) is 0 Å². The summed E-state index contributed by atoms with van der Waals surface area (Å²) >= 11 is 0. The van der Waals surface area contributed by atoms with E-state index in [2.05, 4.69) is 19.9 Å². The fraction of sp³-hybridized carbons (Fsp3) is 0.667. The second-order valence-corrected chi connectivity index (χ2v) is 6.02. The van der Waals surface area contributed by atoms with Gasteiger partial charge in [0, 0.05) is 0 Å². The molecule has 1 aromatic carbocycles. The normalized spacial score (nSPS) is 10.9. The summed E-state index contributed by atoms with van der Waals surface area (Å²) < 4.78 is 0. The smallest absolute Gasteiger partial charge is 0.423 e. The van der Waals surface area contributed by atoms with Gasteiger partial charge in [0.15, 0.2) is 0 Å². The molecule has 0 bridgehead atoms. The average Bonchev–Trinajstić information content (AvgIpc) is 2.48. The van der Waals surface area contributed by atoms with Gasteiger partial charge in [-0.05, 0) is 42.3 Å². The highest BCUT2D eigenvalue weighted by Crippen LogP contribution is 2.16. The molecule has 2 N–H and O–H groups in total. The van der Waals surface area contributed by atoms with Gasteiger partial charge in [0.2, 0.25) is 0 Å². The predicted molar refractivity (Wildman–Crippen MR) is 92.0 cm³/mol. The van der Waals surface area contributed by atoms with Crippen LogP contribution in [0.3, 0.4) is 0 Å². The van der Waals surface area contributed by atoms with Crippen LogP contribution in [0.1, 0.15) is 76.3 Å². The fourth-order valence-electron chi connectivity index (χ4n) is 2.77. The maximum atomic E-state index is 9.35. The van der Waals surface area contributed by atoms with Crippen LogP contribution in [0.4, 0.5) is 0 Å². The Hall–Kier alpha value is -0.795. The van der Waals surface area contributed by atoms with Gasteiger partial charge in [-0.1, -0.05) is 70.6 Å². The number of benzene rings is 1. The Morgan fingerprint density at radius 1 is 0.762 bits per heavy atom. The van der Waals surface area contributed by atoms with Crippen molar-refractivity contribution < 1.29 is 10.0 Å². The van der Waals surface area contributed by atoms with Gasteiger partial charge in [0.25, 0.3) is 0 Å². The van der Waals surface area contributed by atoms with E-state index < -0.39 is 7.12 Å². The van der Waals surface area contributed by atoms with Gasteiger partial charge >= 0.3 is 7.12 Å². The Morgan fingerprint density at radius 3 is 1.86 bits per heavy atom. The first-order chi connectivity index (χ1) is 10.2. The summed E-state index contributed by atoms with van der Waals surface area (Å²) in [5.41, 5.74) is 3.33. The zero-order valence-corrected chi connectivity index (χ0v) is 13.8. The van der Waals surface area contributed by atoms with Crippen LogP contribution in [0.2, 0.25) is 0 Å². The zero-order valence-electron chi connectivity index (χ0n) is 13.8. The molecular weight excluding hydrogens is 259 g/mol. The summed E-state index contributed by atoms with van der Waals surface area (Å²) in [6.45, 7) is 4.46. The molecule has 0 aliphatic carbocycles. The Balaban J connectivity index is 2.65. The minimum atomic E-state index is -1.35. The molecule has 0 fully saturated rings. The molecule has 0 spiro atoms. The summed E-state index contributed by atoms with van der Waals surface area (Å²) in [6, 6.07) is 5.94. The van der Waals surface area contributed by atoms with Gasteiger partial charge in [-0.15, -0.1) is 0 Å². The Bertz CT molecular complexity index is 391. The van der Waals surface area contributed by atoms with E-state index in [9.17, 15) is 10.0 Å². The van der Waals surface area contributed by atoms with Crippen LogP contribution in [-0.2, 0) is 12.8 Å². The topological polar surface area (TPSA) is 40.5 Å². The number of hydrogen-bond acceptors (Lipinski definition) is 2. The summed E-state index contributed by atoms with van der Waals surface area (Å²) in [6.07, 6.45) is 12.3. The third kappa shape index (κ3) is 7.15. The van der Waals surface area contributed by atoms with Crippen molar-refractivity contribution >= 4 is 12.6 Å². The molecule has 0 aromatic heterocycles. The van der Waals surface area contributed by atoms with E-state index in [1.807, 2.05) is 12.1 Å². The van der Waals surface area contributed by atoms with E-state index >= 15 is 0 Å². The molecule has 0 saturated carbocycles. The van der Waals surface area contributed by atoms with E-state index in [0.29, 0.717) is 5.46 Å². The molecule has 0 saturated heterocycles. The highest BCUT2D eigenvalue weighted by molar-refractivity contribution is 6.58. The lowest BCUT2D eigenvalue weighted by Crippen LogP contribution is -2.30. The molecule has 0 aliphatic rings. The molecule has 21 heavy (non-hydrogen) atoms. The first-order valence-electron chi connectivity index (χ1n) is 8.66. The molecule has 0 heterocycles. The van der Waals surface area contributed by atoms with Crippen LogP contribution in [0.5, 0.6) is 0 Å². The highest BCUT2D eigenvalue weighted by Gasteiger charge is 2.13. The number of hydrogen-bond donors (Lipinski definition) is 2. The molecule has 3 heteroatoms. The number of aryl methyl sites for hydroxylation is 2. The maximum Gasteiger partial charge on any atom is 0.488 e. The van der Waals surface area contributed by atoms with Crippen molar-refractivity contribution in [1.29, 1.82) is 0 Å². The first kappa shape index (κ1) is 18.3. The Morgan fingerprint density at radius 2 is 1.33 bits per heavy atom. The van der Waals surface area contributed by atoms with Crippen LogP contribution in [0.25, 0.3) is 0 Å². The van der Waals surface area contributed by atoms with Crippen molar-refractivity contribution in [3.63, 3.8) is 0 Å². The first-order valence-corrected chi connectivity index (χ1v) is 8.66. The van der Waals surface area contributed by atoms with Crippen molar-refractivity contribution in [3.8, 4) is 0 Å². The van der Waals surface area contributed by atoms with Crippen molar-refractivity contribution in [1.82, 2.24) is 0 Å². The van der Waals surface area contributed by atoms with Crippen molar-refractivity contribution in [2.24, 2.45) is 0 Å². The average molecular weight is 290 g/mol. The molecule has 0 radical (unpaired) electrons. The number of unbranched alkanes of at least 4 members (excludes halogenated alkanes) is 6. The predicted octanol–water partition coefficient (Wildman–Crippen LogP) is 3.61. The van der Waals surface area contributed by atoms with Crippen molar-refractivity contribution in [2.45, 2.75) is 78.1 Å². The fourth-order valence-corrected chi connectivity index (χ4v) is 2.77. The standard InChI is InChI=1S/C18H31BO2/c1-3-5-7-9-11-16-13-14-18(19(20)21)15-17(16)12-10-8-6-4-2/h13-15,20-21H,3-12H2,1-2H3. The van der Waals surface area contributed by atoms with Crippen LogP contribution in [0, 0.1) is 0 Å². The molecular formula is C18H31BO2. The summed E-state index contributed by atoms with van der Waals surface area (Å²) in [5.74, 6) is 0. The van der Waals surface area contributed by atoms with E-state index in [0.717, 1.165) is 12.8 Å². The molecule has 118 valence electrons. The van der Waals surface area contributed by atoms with Crippen LogP contribution in [0.15, 0.2) is 18.2 Å². The third-order valence-corrected chi connectivity index (χ3v) is 4.13. The second kappa shape index (κ2) is 10.9. The maximum absolute atomic E-state index is 9.35. The Labute approximate surface area is 130 Å². The van der Waals surface area contributed by atoms with Gasteiger partial charge in [-0.2, -0.15) is 0 Å². The highest BCUT2D eigenvalue weighted by atomic mass is 16.4. The quantitative estimate of drug-likeness (QED) is 0.483. The zero-order chi connectivity index (χ0) is 15.5. The number of rotatable bonds is 11.